The Labute approximate surface area is 82.7 Å². The van der Waals surface area contributed by atoms with Gasteiger partial charge in [0.05, 0.1) is 0 Å². The molecule has 0 bridgehead atoms. The van der Waals surface area contributed by atoms with Crippen LogP contribution in [0.4, 0.5) is 12.9 Å². The summed E-state index contributed by atoms with van der Waals surface area (Å²) in [4.78, 5) is 1.67. The van der Waals surface area contributed by atoms with Crippen LogP contribution in [0.1, 0.15) is 32.1 Å². The first-order chi connectivity index (χ1) is 6.56. The van der Waals surface area contributed by atoms with Gasteiger partial charge in [-0.2, -0.15) is 0 Å². The van der Waals surface area contributed by atoms with E-state index in [1.165, 1.54) is 6.42 Å². The van der Waals surface area contributed by atoms with E-state index < -0.39 is 13.4 Å². The van der Waals surface area contributed by atoms with E-state index in [1.807, 2.05) is 0 Å². The van der Waals surface area contributed by atoms with Gasteiger partial charge >= 0.3 is 6.98 Å². The van der Waals surface area contributed by atoms with Gasteiger partial charge in [-0.15, -0.1) is 0 Å². The fourth-order valence-corrected chi connectivity index (χ4v) is 3.00. The van der Waals surface area contributed by atoms with Crippen molar-refractivity contribution in [2.75, 3.05) is 13.0 Å². The van der Waals surface area contributed by atoms with Crippen molar-refractivity contribution in [2.45, 2.75) is 38.1 Å². The largest absolute Gasteiger partial charge is 0.492 e. The van der Waals surface area contributed by atoms with Crippen molar-refractivity contribution in [2.24, 2.45) is 5.92 Å². The number of fused-ring (bicyclic) bond motifs is 1. The molecule has 14 heavy (non-hydrogen) atoms. The maximum Gasteiger partial charge on any atom is 0.492 e. The van der Waals surface area contributed by atoms with Gasteiger partial charge in [0.1, 0.15) is 0 Å². The van der Waals surface area contributed by atoms with Gasteiger partial charge < -0.3 is 17.8 Å². The number of nitrogens with zero attached hydrogens (tertiary/aromatic N) is 1. The Morgan fingerprint density at radius 3 is 2.50 bits per heavy atom. The zero-order valence-electron chi connectivity index (χ0n) is 8.26. The summed E-state index contributed by atoms with van der Waals surface area (Å²) in [5, 5.41) is 0. The maximum atomic E-state index is 12.3. The Bertz CT molecular complexity index is 207. The highest BCUT2D eigenvalue weighted by atomic mass is 19.4. The summed E-state index contributed by atoms with van der Waals surface area (Å²) in [5.41, 5.74) is 0. The van der Waals surface area contributed by atoms with Crippen LogP contribution >= 0.6 is 0 Å². The smallest absolute Gasteiger partial charge is 0.448 e. The first-order valence-corrected chi connectivity index (χ1v) is 5.51. The van der Waals surface area contributed by atoms with Crippen LogP contribution in [0.5, 0.6) is 0 Å². The van der Waals surface area contributed by atoms with Crippen molar-refractivity contribution in [1.82, 2.24) is 4.90 Å². The fraction of sp³-hybridized carbons (Fsp3) is 1.00. The minimum absolute atomic E-state index is 0.243. The third kappa shape index (κ3) is 2.24. The average molecular weight is 206 g/mol. The molecule has 1 nitrogen and oxygen atoms in total. The average Bonchev–Trinajstić information content (AvgIpc) is 2.47. The summed E-state index contributed by atoms with van der Waals surface area (Å²) < 4.78 is 36.9. The molecule has 2 aliphatic rings. The first kappa shape index (κ1) is 10.3. The molecule has 0 aromatic heterocycles. The Morgan fingerprint density at radius 2 is 1.79 bits per heavy atom. The zero-order valence-corrected chi connectivity index (χ0v) is 8.26. The maximum absolute atomic E-state index is 12.3. The zero-order chi connectivity index (χ0) is 10.2. The van der Waals surface area contributed by atoms with Crippen LogP contribution in [0, 0.1) is 5.92 Å². The van der Waals surface area contributed by atoms with Gasteiger partial charge in [-0.3, -0.25) is 0 Å². The number of likely N-dealkylation sites (tertiary alicyclic amines) is 1. The second kappa shape index (κ2) is 3.76. The first-order valence-electron chi connectivity index (χ1n) is 5.51. The van der Waals surface area contributed by atoms with Gasteiger partial charge in [0, 0.05) is 6.04 Å². The van der Waals surface area contributed by atoms with E-state index in [1.54, 1.807) is 4.90 Å². The molecule has 82 valence electrons. The molecule has 0 aromatic carbocycles. The van der Waals surface area contributed by atoms with Gasteiger partial charge in [-0.1, -0.05) is 12.8 Å². The normalized spacial score (nSPS) is 34.5. The van der Waals surface area contributed by atoms with E-state index in [0.29, 0.717) is 12.5 Å². The van der Waals surface area contributed by atoms with E-state index in [2.05, 4.69) is 0 Å². The standard InChI is InChI=1S/C9H16BF3N/c11-10(12,13)7-14-6-5-8-3-1-2-4-9(8)14/h8-9H,1-7H2/q-1/t8-,9-/m0/s1. The van der Waals surface area contributed by atoms with Crippen LogP contribution in [-0.4, -0.2) is 30.9 Å². The summed E-state index contributed by atoms with van der Waals surface area (Å²) in [6.07, 6.45) is 4.80. The van der Waals surface area contributed by atoms with Crippen LogP contribution in [0.25, 0.3) is 0 Å². The van der Waals surface area contributed by atoms with E-state index in [0.717, 1.165) is 25.7 Å². The molecule has 2 rings (SSSR count). The van der Waals surface area contributed by atoms with Crippen molar-refractivity contribution < 1.29 is 12.9 Å². The molecule has 0 amide bonds. The van der Waals surface area contributed by atoms with Crippen LogP contribution in [-0.2, 0) is 0 Å². The topological polar surface area (TPSA) is 3.24 Å². The van der Waals surface area contributed by atoms with Gasteiger partial charge in [0.2, 0.25) is 0 Å². The molecule has 1 aliphatic heterocycles. The summed E-state index contributed by atoms with van der Waals surface area (Å²) >= 11 is 0. The lowest BCUT2D eigenvalue weighted by Crippen LogP contribution is -2.43. The number of rotatable bonds is 2. The van der Waals surface area contributed by atoms with Gasteiger partial charge in [-0.05, 0) is 38.2 Å². The Kier molecular flexibility index (Phi) is 2.78. The van der Waals surface area contributed by atoms with Crippen LogP contribution in [0.2, 0.25) is 0 Å². The number of halogens is 3. The molecular weight excluding hydrogens is 190 g/mol. The van der Waals surface area contributed by atoms with Crippen molar-refractivity contribution in [1.29, 1.82) is 0 Å². The van der Waals surface area contributed by atoms with Crippen LogP contribution in [0.3, 0.4) is 0 Å². The Balaban J connectivity index is 1.94. The number of hydrogen-bond donors (Lipinski definition) is 0. The van der Waals surface area contributed by atoms with Gasteiger partial charge in [-0.25, -0.2) is 0 Å². The van der Waals surface area contributed by atoms with Crippen molar-refractivity contribution in [3.63, 3.8) is 0 Å². The molecule has 0 unspecified atom stereocenters. The van der Waals surface area contributed by atoms with Crippen LogP contribution < -0.4 is 0 Å². The lowest BCUT2D eigenvalue weighted by atomic mass is 9.83. The van der Waals surface area contributed by atoms with Crippen molar-refractivity contribution in [3.05, 3.63) is 0 Å². The molecular formula is C9H16BF3N-. The predicted molar refractivity (Wildman–Crippen MR) is 51.0 cm³/mol. The molecule has 1 aliphatic carbocycles. The highest BCUT2D eigenvalue weighted by Gasteiger charge is 2.38. The van der Waals surface area contributed by atoms with Crippen molar-refractivity contribution >= 4 is 6.98 Å². The summed E-state index contributed by atoms with van der Waals surface area (Å²) in [7, 11) is 0. The molecule has 1 saturated heterocycles. The molecule has 0 N–H and O–H groups in total. The lowest BCUT2D eigenvalue weighted by Gasteiger charge is -2.34. The van der Waals surface area contributed by atoms with Crippen molar-refractivity contribution in [3.8, 4) is 0 Å². The van der Waals surface area contributed by atoms with Gasteiger partial charge in [0.15, 0.2) is 0 Å². The SMILES string of the molecule is F[B-](F)(F)CN1CC[C@@H]2CCCC[C@@H]21. The van der Waals surface area contributed by atoms with Crippen LogP contribution in [0.15, 0.2) is 0 Å². The number of hydrogen-bond acceptors (Lipinski definition) is 1. The summed E-state index contributed by atoms with van der Waals surface area (Å²) in [5.74, 6) is 0.557. The molecule has 0 aromatic rings. The molecule has 5 heteroatoms. The van der Waals surface area contributed by atoms with E-state index >= 15 is 0 Å². The quantitative estimate of drug-likeness (QED) is 0.627. The second-order valence-corrected chi connectivity index (χ2v) is 4.61. The van der Waals surface area contributed by atoms with Gasteiger partial charge in [0.25, 0.3) is 0 Å². The third-order valence-electron chi connectivity index (χ3n) is 3.57. The van der Waals surface area contributed by atoms with E-state index in [4.69, 9.17) is 0 Å². The highest BCUT2D eigenvalue weighted by molar-refractivity contribution is 6.58. The molecule has 2 atom stereocenters. The lowest BCUT2D eigenvalue weighted by molar-refractivity contribution is 0.190. The molecule has 1 saturated carbocycles. The monoisotopic (exact) mass is 206 g/mol. The Hall–Kier alpha value is -0.185. The fourth-order valence-electron chi connectivity index (χ4n) is 3.00. The molecule has 0 spiro atoms. The molecule has 0 radical (unpaired) electrons. The predicted octanol–water partition coefficient (Wildman–Crippen LogP) is 2.64. The minimum Gasteiger partial charge on any atom is -0.448 e. The minimum atomic E-state index is -4.63. The van der Waals surface area contributed by atoms with E-state index in [-0.39, 0.29) is 6.04 Å². The second-order valence-electron chi connectivity index (χ2n) is 4.61. The Morgan fingerprint density at radius 1 is 1.07 bits per heavy atom. The summed E-state index contributed by atoms with van der Waals surface area (Å²) in [6.45, 7) is -3.97. The molecule has 2 fully saturated rings. The highest BCUT2D eigenvalue weighted by Crippen LogP contribution is 2.36. The third-order valence-corrected chi connectivity index (χ3v) is 3.57. The van der Waals surface area contributed by atoms with E-state index in [9.17, 15) is 12.9 Å². The summed E-state index contributed by atoms with van der Waals surface area (Å²) in [6, 6.07) is 0.243. The molecule has 1 heterocycles.